The van der Waals surface area contributed by atoms with Gasteiger partial charge in [0.05, 0.1) is 18.1 Å². The Morgan fingerprint density at radius 3 is 2.04 bits per heavy atom. The number of nitrogens with zero attached hydrogens (tertiary/aromatic N) is 1. The zero-order valence-electron chi connectivity index (χ0n) is 14.7. The fraction of sp³-hybridized carbons (Fsp3) is 0.294. The van der Waals surface area contributed by atoms with E-state index in [1.54, 1.807) is 32.0 Å². The van der Waals surface area contributed by atoms with E-state index in [0.29, 0.717) is 21.3 Å². The second-order valence-electron chi connectivity index (χ2n) is 5.43. The van der Waals surface area contributed by atoms with Gasteiger partial charge in [-0.2, -0.15) is 0 Å². The van der Waals surface area contributed by atoms with E-state index in [-0.39, 0.29) is 18.9 Å². The summed E-state index contributed by atoms with van der Waals surface area (Å²) in [5.41, 5.74) is 0.934. The highest BCUT2D eigenvalue weighted by atomic mass is 35.5. The second kappa shape index (κ2) is 9.53. The van der Waals surface area contributed by atoms with Crippen molar-refractivity contribution in [2.24, 2.45) is 0 Å². The topological polar surface area (TPSA) is 90.7 Å². The molecule has 146 valence electrons. The molecular weight excluding hydrogens is 414 g/mol. The molecule has 0 aliphatic carbocycles. The molecule has 0 aliphatic rings. The molecule has 2 rings (SSSR count). The van der Waals surface area contributed by atoms with Gasteiger partial charge in [0, 0.05) is 27.9 Å². The van der Waals surface area contributed by atoms with Crippen molar-refractivity contribution in [3.63, 3.8) is 0 Å². The Labute approximate surface area is 167 Å². The van der Waals surface area contributed by atoms with Crippen molar-refractivity contribution < 1.29 is 18.5 Å². The van der Waals surface area contributed by atoms with Gasteiger partial charge in [0.1, 0.15) is 0 Å². The van der Waals surface area contributed by atoms with Crippen molar-refractivity contribution in [1.82, 2.24) is 0 Å². The van der Waals surface area contributed by atoms with Crippen molar-refractivity contribution in [1.29, 1.82) is 0 Å². The number of hydrogen-bond donors (Lipinski definition) is 1. The molecule has 10 heteroatoms. The Balaban J connectivity index is 2.49. The van der Waals surface area contributed by atoms with Gasteiger partial charge >= 0.3 is 7.60 Å². The summed E-state index contributed by atoms with van der Waals surface area (Å²) in [5, 5.41) is 14.8. The van der Waals surface area contributed by atoms with E-state index in [1.165, 1.54) is 24.3 Å². The van der Waals surface area contributed by atoms with E-state index in [1.807, 2.05) is 0 Å². The number of rotatable bonds is 9. The minimum Gasteiger partial charge on any atom is -0.368 e. The summed E-state index contributed by atoms with van der Waals surface area (Å²) >= 11 is 12.1. The summed E-state index contributed by atoms with van der Waals surface area (Å²) in [7, 11) is -3.65. The van der Waals surface area contributed by atoms with Crippen molar-refractivity contribution >= 4 is 42.2 Å². The highest BCUT2D eigenvalue weighted by Gasteiger charge is 2.37. The van der Waals surface area contributed by atoms with E-state index in [2.05, 4.69) is 5.32 Å². The largest absolute Gasteiger partial charge is 0.368 e. The molecule has 1 atom stereocenters. The maximum Gasteiger partial charge on any atom is 0.357 e. The summed E-state index contributed by atoms with van der Waals surface area (Å²) in [6, 6.07) is 10.5. The van der Waals surface area contributed by atoms with Crippen LogP contribution in [0.3, 0.4) is 0 Å². The van der Waals surface area contributed by atoms with Crippen LogP contribution in [0.2, 0.25) is 10.0 Å². The lowest BCUT2D eigenvalue weighted by atomic mass is 10.2. The van der Waals surface area contributed by atoms with Crippen LogP contribution in [0.15, 0.2) is 42.5 Å². The highest BCUT2D eigenvalue weighted by Crippen LogP contribution is 2.61. The summed E-state index contributed by atoms with van der Waals surface area (Å²) < 4.78 is 24.3. The summed E-state index contributed by atoms with van der Waals surface area (Å²) in [4.78, 5) is 10.4. The first-order valence-corrected chi connectivity index (χ1v) is 10.5. The fourth-order valence-electron chi connectivity index (χ4n) is 2.46. The Hall–Kier alpha value is -1.63. The van der Waals surface area contributed by atoms with Gasteiger partial charge in [0.25, 0.3) is 5.69 Å². The highest BCUT2D eigenvalue weighted by molar-refractivity contribution is 7.54. The third-order valence-corrected chi connectivity index (χ3v) is 6.25. The molecule has 0 unspecified atom stereocenters. The number of benzene rings is 2. The molecule has 0 saturated carbocycles. The van der Waals surface area contributed by atoms with Crippen LogP contribution in [-0.2, 0) is 13.6 Å². The summed E-state index contributed by atoms with van der Waals surface area (Å²) in [6.45, 7) is 3.74. The Morgan fingerprint density at radius 2 is 1.59 bits per heavy atom. The number of nitro groups is 1. The maximum absolute atomic E-state index is 13.4. The first-order valence-electron chi connectivity index (χ1n) is 8.14. The average Bonchev–Trinajstić information content (AvgIpc) is 2.59. The third kappa shape index (κ3) is 5.67. The lowest BCUT2D eigenvalue weighted by Crippen LogP contribution is -2.15. The zero-order chi connectivity index (χ0) is 20.0. The SMILES string of the molecule is CCOP(=O)(OCC)[C@H](Nc1cc(Cl)cc(Cl)c1)c1ccc([N+](=O)[O-])cc1. The number of anilines is 1. The van der Waals surface area contributed by atoms with E-state index >= 15 is 0 Å². The molecule has 0 bridgehead atoms. The summed E-state index contributed by atoms with van der Waals surface area (Å²) in [6.07, 6.45) is 0. The lowest BCUT2D eigenvalue weighted by Gasteiger charge is -2.28. The number of nitro benzene ring substituents is 1. The standard InChI is InChI=1S/C17H19Cl2N2O5P/c1-3-25-27(24,26-4-2)17(12-5-7-16(8-6-12)21(22)23)20-15-10-13(18)9-14(19)11-15/h5-11,17,20H,3-4H2,1-2H3/t17-/m0/s1. The van der Waals surface area contributed by atoms with Gasteiger partial charge < -0.3 is 14.4 Å². The average molecular weight is 433 g/mol. The van der Waals surface area contributed by atoms with Gasteiger partial charge in [-0.15, -0.1) is 0 Å². The number of hydrogen-bond acceptors (Lipinski definition) is 6. The lowest BCUT2D eigenvalue weighted by molar-refractivity contribution is -0.384. The smallest absolute Gasteiger partial charge is 0.357 e. The molecule has 0 radical (unpaired) electrons. The molecule has 1 N–H and O–H groups in total. The maximum atomic E-state index is 13.4. The molecule has 0 heterocycles. The second-order valence-corrected chi connectivity index (χ2v) is 8.41. The fourth-order valence-corrected chi connectivity index (χ4v) is 4.93. The summed E-state index contributed by atoms with van der Waals surface area (Å²) in [5.74, 6) is -0.910. The van der Waals surface area contributed by atoms with Crippen LogP contribution in [0.5, 0.6) is 0 Å². The first-order chi connectivity index (χ1) is 12.8. The van der Waals surface area contributed by atoms with Crippen LogP contribution in [0.1, 0.15) is 25.2 Å². The quantitative estimate of drug-likeness (QED) is 0.284. The molecular formula is C17H19Cl2N2O5P. The first kappa shape index (κ1) is 21.7. The molecule has 0 amide bonds. The monoisotopic (exact) mass is 432 g/mol. The molecule has 0 fully saturated rings. The van der Waals surface area contributed by atoms with Crippen molar-refractivity contribution in [2.45, 2.75) is 19.6 Å². The Bertz CT molecular complexity index is 817. The van der Waals surface area contributed by atoms with Gasteiger partial charge in [-0.25, -0.2) is 0 Å². The van der Waals surface area contributed by atoms with Crippen LogP contribution in [0.4, 0.5) is 11.4 Å². The molecule has 0 aromatic heterocycles. The van der Waals surface area contributed by atoms with Crippen LogP contribution >= 0.6 is 30.8 Å². The van der Waals surface area contributed by atoms with Crippen molar-refractivity contribution in [3.8, 4) is 0 Å². The van der Waals surface area contributed by atoms with Crippen LogP contribution in [-0.4, -0.2) is 18.1 Å². The molecule has 0 aliphatic heterocycles. The van der Waals surface area contributed by atoms with E-state index in [0.717, 1.165) is 0 Å². The molecule has 27 heavy (non-hydrogen) atoms. The minimum absolute atomic E-state index is 0.0778. The molecule has 0 saturated heterocycles. The normalized spacial score (nSPS) is 12.6. The van der Waals surface area contributed by atoms with Gasteiger partial charge in [-0.1, -0.05) is 23.2 Å². The third-order valence-electron chi connectivity index (χ3n) is 3.52. The van der Waals surface area contributed by atoms with Crippen LogP contribution < -0.4 is 5.32 Å². The van der Waals surface area contributed by atoms with E-state index < -0.39 is 18.3 Å². The van der Waals surface area contributed by atoms with Crippen molar-refractivity contribution in [3.05, 3.63) is 68.2 Å². The van der Waals surface area contributed by atoms with E-state index in [4.69, 9.17) is 32.2 Å². The molecule has 2 aromatic carbocycles. The number of halogens is 2. The predicted molar refractivity (Wildman–Crippen MR) is 107 cm³/mol. The van der Waals surface area contributed by atoms with Crippen molar-refractivity contribution in [2.75, 3.05) is 18.5 Å². The van der Waals surface area contributed by atoms with Gasteiger partial charge in [-0.3, -0.25) is 14.7 Å². The Kier molecular flexibility index (Phi) is 7.65. The Morgan fingerprint density at radius 1 is 1.07 bits per heavy atom. The molecule has 0 spiro atoms. The van der Waals surface area contributed by atoms with Gasteiger partial charge in [0.15, 0.2) is 5.78 Å². The molecule has 7 nitrogen and oxygen atoms in total. The van der Waals surface area contributed by atoms with Gasteiger partial charge in [-0.05, 0) is 49.7 Å². The van der Waals surface area contributed by atoms with Crippen LogP contribution in [0, 0.1) is 10.1 Å². The predicted octanol–water partition coefficient (Wildman–Crippen LogP) is 6.28. The number of nitrogens with one attached hydrogen (secondary N) is 1. The zero-order valence-corrected chi connectivity index (χ0v) is 17.1. The van der Waals surface area contributed by atoms with Gasteiger partial charge in [0.2, 0.25) is 0 Å². The van der Waals surface area contributed by atoms with Crippen LogP contribution in [0.25, 0.3) is 0 Å². The number of non-ortho nitro benzene ring substituents is 1. The molecule has 2 aromatic rings. The van der Waals surface area contributed by atoms with E-state index in [9.17, 15) is 14.7 Å². The minimum atomic E-state index is -3.65.